The molecule has 0 amide bonds. The van der Waals surface area contributed by atoms with Crippen molar-refractivity contribution >= 4 is 11.9 Å². The second-order valence-electron chi connectivity index (χ2n) is 6.22. The molecule has 146 valence electrons. The van der Waals surface area contributed by atoms with E-state index in [1.165, 1.54) is 19.8 Å². The average molecular weight is 392 g/mol. The molecule has 0 saturated carbocycles. The average Bonchev–Trinajstić information content (AvgIpc) is 2.69. The Bertz CT molecular complexity index is 684. The normalized spacial score (nSPS) is 10.2. The molecule has 2 aromatic rings. The van der Waals surface area contributed by atoms with E-state index in [4.69, 9.17) is 9.47 Å². The maximum atomic E-state index is 11.5. The van der Waals surface area contributed by atoms with Gasteiger partial charge >= 0.3 is 11.9 Å². The molecule has 0 bridgehead atoms. The number of benzene rings is 1. The number of esters is 2. The molecule has 0 N–H and O–H groups in total. The highest BCUT2D eigenvalue weighted by Gasteiger charge is 2.17. The largest absolute Gasteiger partial charge is 1.00 e. The van der Waals surface area contributed by atoms with E-state index in [0.29, 0.717) is 25.7 Å². The molecule has 1 aromatic heterocycles. The van der Waals surface area contributed by atoms with Gasteiger partial charge in [0.15, 0.2) is 18.9 Å². The van der Waals surface area contributed by atoms with Crippen molar-refractivity contribution in [2.45, 2.75) is 38.1 Å². The maximum Gasteiger partial charge on any atom is 0.305 e. The van der Waals surface area contributed by atoms with Crippen LogP contribution in [0, 0.1) is 0 Å². The molecule has 1 aromatic carbocycles. The number of hydrogen-bond donors (Lipinski definition) is 0. The van der Waals surface area contributed by atoms with Crippen molar-refractivity contribution in [3.8, 4) is 0 Å². The van der Waals surface area contributed by atoms with Crippen LogP contribution >= 0.6 is 0 Å². The van der Waals surface area contributed by atoms with E-state index in [1.54, 1.807) is 0 Å². The van der Waals surface area contributed by atoms with Crippen LogP contribution in [0.25, 0.3) is 0 Å². The Morgan fingerprint density at radius 3 is 1.89 bits per heavy atom. The number of methoxy groups -OCH3 is 2. The van der Waals surface area contributed by atoms with Crippen molar-refractivity contribution in [1.82, 2.24) is 0 Å². The van der Waals surface area contributed by atoms with Crippen LogP contribution in [0.4, 0.5) is 0 Å². The van der Waals surface area contributed by atoms with Gasteiger partial charge in [0.1, 0.15) is 0 Å². The number of halogens is 1. The summed E-state index contributed by atoms with van der Waals surface area (Å²) in [5.74, 6) is -0.356. The van der Waals surface area contributed by atoms with Crippen molar-refractivity contribution < 1.29 is 36.0 Å². The quantitative estimate of drug-likeness (QED) is 0.446. The Kier molecular flexibility index (Phi) is 10.1. The van der Waals surface area contributed by atoms with Gasteiger partial charge in [-0.05, 0) is 24.3 Å². The Hall–Kier alpha value is -2.40. The van der Waals surface area contributed by atoms with Crippen molar-refractivity contribution in [2.24, 2.45) is 0 Å². The fourth-order valence-corrected chi connectivity index (χ4v) is 2.91. The Labute approximate surface area is 166 Å². The fourth-order valence-electron chi connectivity index (χ4n) is 2.91. The topological polar surface area (TPSA) is 56.5 Å². The SMILES string of the molecule is COC(=O)CCC(CCC(=O)OC)c1cc[n+](Cc2ccccc2)cc1.[Cl-]. The minimum Gasteiger partial charge on any atom is -1.00 e. The number of carbonyl (C=O) groups is 2. The van der Waals surface area contributed by atoms with Crippen molar-refractivity contribution in [3.63, 3.8) is 0 Å². The van der Waals surface area contributed by atoms with E-state index in [-0.39, 0.29) is 30.3 Å². The minimum absolute atomic E-state index is 0. The lowest BCUT2D eigenvalue weighted by Crippen LogP contribution is -3.00. The van der Waals surface area contributed by atoms with Gasteiger partial charge < -0.3 is 21.9 Å². The van der Waals surface area contributed by atoms with Gasteiger partial charge in [-0.1, -0.05) is 30.3 Å². The first-order valence-electron chi connectivity index (χ1n) is 8.79. The summed E-state index contributed by atoms with van der Waals surface area (Å²) in [4.78, 5) is 23.0. The van der Waals surface area contributed by atoms with E-state index >= 15 is 0 Å². The summed E-state index contributed by atoms with van der Waals surface area (Å²) in [7, 11) is 2.78. The van der Waals surface area contributed by atoms with Gasteiger partial charge in [-0.25, -0.2) is 4.57 Å². The summed E-state index contributed by atoms with van der Waals surface area (Å²) in [6.45, 7) is 0.802. The lowest BCUT2D eigenvalue weighted by atomic mass is 9.90. The van der Waals surface area contributed by atoms with Crippen molar-refractivity contribution in [1.29, 1.82) is 0 Å². The summed E-state index contributed by atoms with van der Waals surface area (Å²) < 4.78 is 11.6. The first kappa shape index (κ1) is 22.6. The molecule has 0 aliphatic rings. The van der Waals surface area contributed by atoms with Gasteiger partial charge in [0, 0.05) is 30.5 Å². The summed E-state index contributed by atoms with van der Waals surface area (Å²) in [6.07, 6.45) is 6.03. The zero-order valence-electron chi connectivity index (χ0n) is 15.8. The van der Waals surface area contributed by atoms with Gasteiger partial charge in [-0.3, -0.25) is 9.59 Å². The Balaban J connectivity index is 0.00000364. The van der Waals surface area contributed by atoms with Gasteiger partial charge in [0.25, 0.3) is 0 Å². The molecule has 1 heterocycles. The minimum atomic E-state index is -0.233. The zero-order chi connectivity index (χ0) is 18.8. The molecular weight excluding hydrogens is 366 g/mol. The van der Waals surface area contributed by atoms with Crippen LogP contribution in [-0.2, 0) is 25.6 Å². The molecule has 0 aliphatic carbocycles. The lowest BCUT2D eigenvalue weighted by Gasteiger charge is -2.15. The number of pyridine rings is 1. The Morgan fingerprint density at radius 2 is 1.41 bits per heavy atom. The molecule has 0 saturated heterocycles. The highest BCUT2D eigenvalue weighted by molar-refractivity contribution is 5.70. The van der Waals surface area contributed by atoms with Crippen LogP contribution in [0.5, 0.6) is 0 Å². The predicted molar refractivity (Wildman–Crippen MR) is 97.4 cm³/mol. The monoisotopic (exact) mass is 391 g/mol. The first-order chi connectivity index (χ1) is 12.6. The third-order valence-corrected chi connectivity index (χ3v) is 4.45. The summed E-state index contributed by atoms with van der Waals surface area (Å²) in [6, 6.07) is 14.4. The second kappa shape index (κ2) is 12.1. The van der Waals surface area contributed by atoms with Crippen molar-refractivity contribution in [2.75, 3.05) is 14.2 Å². The zero-order valence-corrected chi connectivity index (χ0v) is 16.5. The van der Waals surface area contributed by atoms with Crippen LogP contribution in [0.3, 0.4) is 0 Å². The number of rotatable bonds is 9. The van der Waals surface area contributed by atoms with Crippen LogP contribution in [0.15, 0.2) is 54.9 Å². The smallest absolute Gasteiger partial charge is 0.305 e. The molecule has 5 nitrogen and oxygen atoms in total. The highest BCUT2D eigenvalue weighted by atomic mass is 35.5. The van der Waals surface area contributed by atoms with E-state index < -0.39 is 0 Å². The van der Waals surface area contributed by atoms with Gasteiger partial charge in [-0.15, -0.1) is 0 Å². The summed E-state index contributed by atoms with van der Waals surface area (Å²) in [5, 5.41) is 0. The second-order valence-corrected chi connectivity index (χ2v) is 6.22. The molecule has 0 fully saturated rings. The first-order valence-corrected chi connectivity index (χ1v) is 8.79. The fraction of sp³-hybridized carbons (Fsp3) is 0.381. The van der Waals surface area contributed by atoms with Gasteiger partial charge in [0.2, 0.25) is 0 Å². The van der Waals surface area contributed by atoms with Crippen LogP contribution < -0.4 is 17.0 Å². The van der Waals surface area contributed by atoms with Crippen molar-refractivity contribution in [3.05, 3.63) is 66.0 Å². The number of ether oxygens (including phenoxy) is 2. The Morgan fingerprint density at radius 1 is 0.889 bits per heavy atom. The van der Waals surface area contributed by atoms with E-state index in [1.807, 2.05) is 30.6 Å². The third-order valence-electron chi connectivity index (χ3n) is 4.45. The van der Waals surface area contributed by atoms with E-state index in [9.17, 15) is 9.59 Å². The highest BCUT2D eigenvalue weighted by Crippen LogP contribution is 2.26. The van der Waals surface area contributed by atoms with E-state index in [2.05, 4.69) is 28.8 Å². The number of carbonyl (C=O) groups excluding carboxylic acids is 2. The van der Waals surface area contributed by atoms with Gasteiger partial charge in [0.05, 0.1) is 14.2 Å². The molecule has 6 heteroatoms. The standard InChI is InChI=1S/C21H26NO4.ClH/c1-25-20(23)10-8-18(9-11-21(24)26-2)19-12-14-22(15-13-19)16-17-6-4-3-5-7-17;/h3-7,12-15,18H,8-11,16H2,1-2H3;1H/q+1;/p-1. The lowest BCUT2D eigenvalue weighted by molar-refractivity contribution is -0.688. The molecule has 27 heavy (non-hydrogen) atoms. The number of nitrogens with zero attached hydrogens (tertiary/aromatic N) is 1. The molecule has 0 radical (unpaired) electrons. The molecule has 0 aliphatic heterocycles. The molecule has 0 unspecified atom stereocenters. The third kappa shape index (κ3) is 7.79. The predicted octanol–water partition coefficient (Wildman–Crippen LogP) is 0.0164. The van der Waals surface area contributed by atoms with Crippen LogP contribution in [0.1, 0.15) is 42.7 Å². The summed E-state index contributed by atoms with van der Waals surface area (Å²) >= 11 is 0. The molecule has 0 atom stereocenters. The van der Waals surface area contributed by atoms with Crippen LogP contribution in [-0.4, -0.2) is 26.2 Å². The number of aromatic nitrogens is 1. The molecular formula is C21H26ClNO4. The molecule has 0 spiro atoms. The summed E-state index contributed by atoms with van der Waals surface area (Å²) in [5.41, 5.74) is 2.35. The van der Waals surface area contributed by atoms with E-state index in [0.717, 1.165) is 12.1 Å². The molecule has 2 rings (SSSR count). The number of hydrogen-bond acceptors (Lipinski definition) is 4. The van der Waals surface area contributed by atoms with Gasteiger partial charge in [-0.2, -0.15) is 0 Å². The van der Waals surface area contributed by atoms with Crippen LogP contribution in [0.2, 0.25) is 0 Å². The maximum absolute atomic E-state index is 11.5.